The lowest BCUT2D eigenvalue weighted by Crippen LogP contribution is -2.19. The second kappa shape index (κ2) is 5.85. The Morgan fingerprint density at radius 2 is 2.29 bits per heavy atom. The van der Waals surface area contributed by atoms with Crippen molar-refractivity contribution in [3.8, 4) is 0 Å². The molecule has 0 aliphatic carbocycles. The minimum Gasteiger partial charge on any atom is -0.385 e. The molecular formula is C16H16BrN3O. The van der Waals surface area contributed by atoms with Crippen molar-refractivity contribution in [2.75, 3.05) is 17.2 Å². The number of fused-ring (bicyclic) bond motifs is 1. The Morgan fingerprint density at radius 1 is 1.43 bits per heavy atom. The number of halogens is 1. The summed E-state index contributed by atoms with van der Waals surface area (Å²) in [5.74, 6) is 0.465. The first kappa shape index (κ1) is 14.1. The van der Waals surface area contributed by atoms with Gasteiger partial charge in [0.1, 0.15) is 5.82 Å². The highest BCUT2D eigenvalue weighted by Crippen LogP contribution is 2.26. The van der Waals surface area contributed by atoms with E-state index in [4.69, 9.17) is 0 Å². The van der Waals surface area contributed by atoms with Gasteiger partial charge in [-0.1, -0.05) is 6.07 Å². The molecule has 0 spiro atoms. The van der Waals surface area contributed by atoms with Crippen LogP contribution in [0.1, 0.15) is 27.9 Å². The molecule has 1 aliphatic heterocycles. The van der Waals surface area contributed by atoms with E-state index in [9.17, 15) is 4.79 Å². The lowest BCUT2D eigenvalue weighted by molar-refractivity contribution is 0.102. The summed E-state index contributed by atoms with van der Waals surface area (Å²) in [6.07, 6.45) is 3.68. The maximum absolute atomic E-state index is 12.5. The number of nitrogens with one attached hydrogen (secondary N) is 2. The number of benzene rings is 1. The van der Waals surface area contributed by atoms with Gasteiger partial charge < -0.3 is 10.6 Å². The predicted octanol–water partition coefficient (Wildman–Crippen LogP) is 3.76. The molecule has 5 heteroatoms. The average Bonchev–Trinajstić information content (AvgIpc) is 2.50. The van der Waals surface area contributed by atoms with Crippen LogP contribution >= 0.6 is 15.9 Å². The SMILES string of the molecule is Cc1cc(NC(=O)c2cccc3c2CCCN3)ncc1Br. The lowest BCUT2D eigenvalue weighted by Gasteiger charge is -2.20. The highest BCUT2D eigenvalue weighted by Gasteiger charge is 2.17. The van der Waals surface area contributed by atoms with E-state index in [0.717, 1.165) is 46.2 Å². The largest absolute Gasteiger partial charge is 0.385 e. The number of aryl methyl sites for hydroxylation is 1. The predicted molar refractivity (Wildman–Crippen MR) is 87.9 cm³/mol. The highest BCUT2D eigenvalue weighted by atomic mass is 79.9. The fourth-order valence-corrected chi connectivity index (χ4v) is 2.73. The van der Waals surface area contributed by atoms with E-state index in [1.807, 2.05) is 31.2 Å². The summed E-state index contributed by atoms with van der Waals surface area (Å²) >= 11 is 3.41. The molecule has 1 aliphatic rings. The highest BCUT2D eigenvalue weighted by molar-refractivity contribution is 9.10. The summed E-state index contributed by atoms with van der Waals surface area (Å²) in [5, 5.41) is 6.21. The third kappa shape index (κ3) is 2.93. The van der Waals surface area contributed by atoms with Gasteiger partial charge in [-0.2, -0.15) is 0 Å². The number of amides is 1. The van der Waals surface area contributed by atoms with Crippen LogP contribution in [0.2, 0.25) is 0 Å². The molecule has 2 N–H and O–H groups in total. The minimum atomic E-state index is -0.107. The van der Waals surface area contributed by atoms with Gasteiger partial charge in [0.15, 0.2) is 0 Å². The molecule has 0 saturated heterocycles. The summed E-state index contributed by atoms with van der Waals surface area (Å²) in [5.41, 5.74) is 3.92. The van der Waals surface area contributed by atoms with E-state index in [-0.39, 0.29) is 5.91 Å². The number of carbonyl (C=O) groups is 1. The maximum Gasteiger partial charge on any atom is 0.257 e. The third-order valence-corrected chi connectivity index (χ3v) is 4.46. The zero-order valence-corrected chi connectivity index (χ0v) is 13.3. The van der Waals surface area contributed by atoms with Crippen LogP contribution in [0.15, 0.2) is 34.9 Å². The average molecular weight is 346 g/mol. The van der Waals surface area contributed by atoms with Gasteiger partial charge >= 0.3 is 0 Å². The van der Waals surface area contributed by atoms with Crippen molar-refractivity contribution >= 4 is 33.3 Å². The summed E-state index contributed by atoms with van der Waals surface area (Å²) in [6.45, 7) is 2.93. The molecule has 2 heterocycles. The van der Waals surface area contributed by atoms with Gasteiger partial charge in [0.2, 0.25) is 0 Å². The Kier molecular flexibility index (Phi) is 3.92. The summed E-state index contributed by atoms with van der Waals surface area (Å²) < 4.78 is 0.932. The molecule has 0 atom stereocenters. The Bertz CT molecular complexity index is 700. The molecule has 0 saturated carbocycles. The van der Waals surface area contributed by atoms with Crippen LogP contribution in [0, 0.1) is 6.92 Å². The van der Waals surface area contributed by atoms with Crippen LogP contribution < -0.4 is 10.6 Å². The maximum atomic E-state index is 12.5. The third-order valence-electron chi connectivity index (χ3n) is 3.63. The van der Waals surface area contributed by atoms with Crippen molar-refractivity contribution < 1.29 is 4.79 Å². The molecule has 21 heavy (non-hydrogen) atoms. The van der Waals surface area contributed by atoms with E-state index in [2.05, 4.69) is 31.5 Å². The number of rotatable bonds is 2. The molecule has 0 bridgehead atoms. The summed E-state index contributed by atoms with van der Waals surface area (Å²) in [7, 11) is 0. The molecule has 1 amide bonds. The topological polar surface area (TPSA) is 54.0 Å². The molecule has 2 aromatic rings. The summed E-state index contributed by atoms with van der Waals surface area (Å²) in [4.78, 5) is 16.7. The number of anilines is 2. The number of hydrogen-bond acceptors (Lipinski definition) is 3. The molecule has 0 unspecified atom stereocenters. The molecular weight excluding hydrogens is 330 g/mol. The first-order valence-corrected chi connectivity index (χ1v) is 7.74. The van der Waals surface area contributed by atoms with Gasteiger partial charge in [-0.15, -0.1) is 0 Å². The Morgan fingerprint density at radius 3 is 3.10 bits per heavy atom. The molecule has 0 radical (unpaired) electrons. The van der Waals surface area contributed by atoms with Gasteiger partial charge in [0, 0.05) is 28.5 Å². The molecule has 1 aromatic heterocycles. The van der Waals surface area contributed by atoms with E-state index >= 15 is 0 Å². The smallest absolute Gasteiger partial charge is 0.257 e. The van der Waals surface area contributed by atoms with Crippen LogP contribution in [-0.4, -0.2) is 17.4 Å². The monoisotopic (exact) mass is 345 g/mol. The molecule has 108 valence electrons. The second-order valence-corrected chi connectivity index (χ2v) is 5.99. The van der Waals surface area contributed by atoms with Crippen molar-refractivity contribution in [2.24, 2.45) is 0 Å². The number of carbonyl (C=O) groups excluding carboxylic acids is 1. The van der Waals surface area contributed by atoms with Crippen molar-refractivity contribution in [2.45, 2.75) is 19.8 Å². The first-order valence-electron chi connectivity index (χ1n) is 6.94. The van der Waals surface area contributed by atoms with Crippen molar-refractivity contribution in [3.63, 3.8) is 0 Å². The Hall–Kier alpha value is -1.88. The van der Waals surface area contributed by atoms with Crippen LogP contribution in [0.4, 0.5) is 11.5 Å². The fraction of sp³-hybridized carbons (Fsp3) is 0.250. The number of nitrogens with zero attached hydrogens (tertiary/aromatic N) is 1. The van der Waals surface area contributed by atoms with Crippen molar-refractivity contribution in [1.82, 2.24) is 4.98 Å². The van der Waals surface area contributed by atoms with Crippen molar-refractivity contribution in [3.05, 3.63) is 51.6 Å². The van der Waals surface area contributed by atoms with Gasteiger partial charge in [0.05, 0.1) is 0 Å². The van der Waals surface area contributed by atoms with Gasteiger partial charge in [-0.25, -0.2) is 4.98 Å². The molecule has 1 aromatic carbocycles. The number of hydrogen-bond donors (Lipinski definition) is 2. The first-order chi connectivity index (χ1) is 10.1. The molecule has 0 fully saturated rings. The van der Waals surface area contributed by atoms with Crippen LogP contribution in [0.5, 0.6) is 0 Å². The van der Waals surface area contributed by atoms with Crippen LogP contribution in [0.25, 0.3) is 0 Å². The molecule has 4 nitrogen and oxygen atoms in total. The van der Waals surface area contributed by atoms with Gasteiger partial charge in [0.25, 0.3) is 5.91 Å². The number of pyridine rings is 1. The second-order valence-electron chi connectivity index (χ2n) is 5.13. The van der Waals surface area contributed by atoms with E-state index in [0.29, 0.717) is 5.82 Å². The summed E-state index contributed by atoms with van der Waals surface area (Å²) in [6, 6.07) is 7.65. The van der Waals surface area contributed by atoms with E-state index < -0.39 is 0 Å². The van der Waals surface area contributed by atoms with Crippen LogP contribution in [-0.2, 0) is 6.42 Å². The quantitative estimate of drug-likeness (QED) is 0.871. The minimum absolute atomic E-state index is 0.107. The van der Waals surface area contributed by atoms with Crippen LogP contribution in [0.3, 0.4) is 0 Å². The van der Waals surface area contributed by atoms with Crippen molar-refractivity contribution in [1.29, 1.82) is 0 Å². The zero-order valence-electron chi connectivity index (χ0n) is 11.7. The number of aromatic nitrogens is 1. The zero-order chi connectivity index (χ0) is 14.8. The van der Waals surface area contributed by atoms with Gasteiger partial charge in [-0.05, 0) is 65.0 Å². The Labute approximate surface area is 132 Å². The fourth-order valence-electron chi connectivity index (χ4n) is 2.51. The Balaban J connectivity index is 1.87. The standard InChI is InChI=1S/C16H16BrN3O/c1-10-8-15(19-9-13(10)17)20-16(21)12-4-2-6-14-11(12)5-3-7-18-14/h2,4,6,8-9,18H,3,5,7H2,1H3,(H,19,20,21). The van der Waals surface area contributed by atoms with E-state index in [1.165, 1.54) is 0 Å². The normalized spacial score (nSPS) is 13.2. The lowest BCUT2D eigenvalue weighted by atomic mass is 9.97. The van der Waals surface area contributed by atoms with Gasteiger partial charge in [-0.3, -0.25) is 4.79 Å². The molecule has 3 rings (SSSR count). The van der Waals surface area contributed by atoms with E-state index in [1.54, 1.807) is 6.20 Å².